The molecule has 18 heavy (non-hydrogen) atoms. The lowest BCUT2D eigenvalue weighted by atomic mass is 10.1. The fourth-order valence-corrected chi connectivity index (χ4v) is 1.80. The van der Waals surface area contributed by atoms with E-state index in [4.69, 9.17) is 10.5 Å². The molecule has 6 nitrogen and oxygen atoms in total. The van der Waals surface area contributed by atoms with Gasteiger partial charge in [0.15, 0.2) is 0 Å². The smallest absolute Gasteiger partial charge is 0.255 e. The fraction of sp³-hybridized carbons (Fsp3) is 0.417. The SMILES string of the molecule is Cc1cnc(CN2C(=O)COCC2=O)c(C)c1N. The number of nitrogen functional groups attached to an aromatic ring is 1. The van der Waals surface area contributed by atoms with E-state index >= 15 is 0 Å². The van der Waals surface area contributed by atoms with Crippen LogP contribution in [0.15, 0.2) is 6.20 Å². The number of aryl methyl sites for hydroxylation is 1. The summed E-state index contributed by atoms with van der Waals surface area (Å²) in [4.78, 5) is 28.6. The molecule has 1 saturated heterocycles. The van der Waals surface area contributed by atoms with Gasteiger partial charge in [0.25, 0.3) is 11.8 Å². The number of pyridine rings is 1. The number of hydrogen-bond donors (Lipinski definition) is 1. The van der Waals surface area contributed by atoms with E-state index < -0.39 is 0 Å². The average Bonchev–Trinajstić information content (AvgIpc) is 2.34. The lowest BCUT2D eigenvalue weighted by Crippen LogP contribution is -2.45. The summed E-state index contributed by atoms with van der Waals surface area (Å²) in [6, 6.07) is 0. The summed E-state index contributed by atoms with van der Waals surface area (Å²) in [5.41, 5.74) is 8.88. The Morgan fingerprint density at radius 3 is 2.56 bits per heavy atom. The van der Waals surface area contributed by atoms with E-state index in [1.807, 2.05) is 13.8 Å². The van der Waals surface area contributed by atoms with Gasteiger partial charge in [-0.2, -0.15) is 0 Å². The second kappa shape index (κ2) is 4.73. The molecular weight excluding hydrogens is 234 g/mol. The number of amides is 2. The number of carbonyl (C=O) groups is 2. The molecule has 96 valence electrons. The Morgan fingerprint density at radius 1 is 1.33 bits per heavy atom. The Kier molecular flexibility index (Phi) is 3.29. The van der Waals surface area contributed by atoms with E-state index in [0.29, 0.717) is 11.4 Å². The lowest BCUT2D eigenvalue weighted by Gasteiger charge is -2.25. The number of hydrogen-bond acceptors (Lipinski definition) is 5. The molecule has 2 N–H and O–H groups in total. The Balaban J connectivity index is 2.26. The number of aromatic nitrogens is 1. The van der Waals surface area contributed by atoms with E-state index in [1.165, 1.54) is 0 Å². The summed E-state index contributed by atoms with van der Waals surface area (Å²) >= 11 is 0. The lowest BCUT2D eigenvalue weighted by molar-refractivity contribution is -0.159. The number of imide groups is 1. The number of anilines is 1. The van der Waals surface area contributed by atoms with E-state index in [-0.39, 0.29) is 31.6 Å². The number of ether oxygens (including phenoxy) is 1. The van der Waals surface area contributed by atoms with Crippen LogP contribution in [0.4, 0.5) is 5.69 Å². The van der Waals surface area contributed by atoms with Crippen molar-refractivity contribution in [1.82, 2.24) is 9.88 Å². The average molecular weight is 249 g/mol. The van der Waals surface area contributed by atoms with Crippen LogP contribution in [0.1, 0.15) is 16.8 Å². The molecule has 1 aliphatic rings. The molecule has 0 spiro atoms. The second-order valence-electron chi connectivity index (χ2n) is 4.29. The first-order chi connectivity index (χ1) is 8.50. The van der Waals surface area contributed by atoms with E-state index in [9.17, 15) is 9.59 Å². The largest absolute Gasteiger partial charge is 0.398 e. The molecule has 2 amide bonds. The molecule has 0 bridgehead atoms. The van der Waals surface area contributed by atoms with Crippen molar-refractivity contribution in [2.75, 3.05) is 18.9 Å². The number of nitrogens with zero attached hydrogens (tertiary/aromatic N) is 2. The van der Waals surface area contributed by atoms with E-state index in [0.717, 1.165) is 16.0 Å². The van der Waals surface area contributed by atoms with Crippen molar-refractivity contribution in [2.45, 2.75) is 20.4 Å². The van der Waals surface area contributed by atoms with Crippen molar-refractivity contribution in [3.8, 4) is 0 Å². The van der Waals surface area contributed by atoms with E-state index in [2.05, 4.69) is 4.98 Å². The molecule has 0 atom stereocenters. The molecule has 0 radical (unpaired) electrons. The molecule has 0 aromatic carbocycles. The zero-order valence-electron chi connectivity index (χ0n) is 10.4. The number of nitrogens with two attached hydrogens (primary N) is 1. The van der Waals surface area contributed by atoms with Crippen molar-refractivity contribution in [2.24, 2.45) is 0 Å². The van der Waals surface area contributed by atoms with Crippen molar-refractivity contribution >= 4 is 17.5 Å². The Hall–Kier alpha value is -1.95. The van der Waals surface area contributed by atoms with Crippen LogP contribution < -0.4 is 5.73 Å². The first-order valence-electron chi connectivity index (χ1n) is 5.62. The molecule has 0 saturated carbocycles. The summed E-state index contributed by atoms with van der Waals surface area (Å²) in [6.07, 6.45) is 1.65. The summed E-state index contributed by atoms with van der Waals surface area (Å²) < 4.78 is 4.85. The van der Waals surface area contributed by atoms with Crippen LogP contribution in [-0.4, -0.2) is 34.9 Å². The van der Waals surface area contributed by atoms with Crippen molar-refractivity contribution in [1.29, 1.82) is 0 Å². The third kappa shape index (κ3) is 2.19. The summed E-state index contributed by atoms with van der Waals surface area (Å²) in [5.74, 6) is -0.682. The predicted molar refractivity (Wildman–Crippen MR) is 64.5 cm³/mol. The molecule has 1 aromatic heterocycles. The third-order valence-electron chi connectivity index (χ3n) is 3.04. The van der Waals surface area contributed by atoms with Crippen molar-refractivity contribution in [3.05, 3.63) is 23.0 Å². The van der Waals surface area contributed by atoms with Crippen molar-refractivity contribution < 1.29 is 14.3 Å². The van der Waals surface area contributed by atoms with Gasteiger partial charge in [-0.25, -0.2) is 0 Å². The van der Waals surface area contributed by atoms with Crippen LogP contribution in [-0.2, 0) is 20.9 Å². The maximum absolute atomic E-state index is 11.6. The Labute approximate surface area is 105 Å². The molecule has 6 heteroatoms. The molecule has 1 fully saturated rings. The van der Waals surface area contributed by atoms with Gasteiger partial charge in [-0.15, -0.1) is 0 Å². The monoisotopic (exact) mass is 249 g/mol. The zero-order chi connectivity index (χ0) is 13.3. The molecular formula is C12H15N3O3. The van der Waals surface area contributed by atoms with Gasteiger partial charge in [0, 0.05) is 11.9 Å². The minimum atomic E-state index is -0.341. The molecule has 1 aliphatic heterocycles. The minimum Gasteiger partial charge on any atom is -0.398 e. The van der Waals surface area contributed by atoms with Gasteiger partial charge in [-0.05, 0) is 25.0 Å². The maximum atomic E-state index is 11.6. The highest BCUT2D eigenvalue weighted by Crippen LogP contribution is 2.19. The number of rotatable bonds is 2. The topological polar surface area (TPSA) is 85.5 Å². The predicted octanol–water partition coefficient (Wildman–Crippen LogP) is 0.166. The molecule has 0 unspecified atom stereocenters. The van der Waals surface area contributed by atoms with Crippen LogP contribution in [0.25, 0.3) is 0 Å². The zero-order valence-corrected chi connectivity index (χ0v) is 10.4. The first-order valence-corrected chi connectivity index (χ1v) is 5.62. The maximum Gasteiger partial charge on any atom is 0.255 e. The van der Waals surface area contributed by atoms with Gasteiger partial charge >= 0.3 is 0 Å². The van der Waals surface area contributed by atoms with Gasteiger partial charge < -0.3 is 10.5 Å². The third-order valence-corrected chi connectivity index (χ3v) is 3.04. The highest BCUT2D eigenvalue weighted by molar-refractivity contribution is 5.98. The van der Waals surface area contributed by atoms with Crippen LogP contribution >= 0.6 is 0 Å². The molecule has 2 rings (SSSR count). The van der Waals surface area contributed by atoms with Gasteiger partial charge in [0.05, 0.1) is 12.2 Å². The normalized spacial score (nSPS) is 16.2. The Bertz CT molecular complexity index is 498. The van der Waals surface area contributed by atoms with Gasteiger partial charge in [0.1, 0.15) is 13.2 Å². The highest BCUT2D eigenvalue weighted by atomic mass is 16.5. The Morgan fingerprint density at radius 2 is 1.94 bits per heavy atom. The van der Waals surface area contributed by atoms with Crippen LogP contribution in [0.2, 0.25) is 0 Å². The second-order valence-corrected chi connectivity index (χ2v) is 4.29. The standard InChI is InChI=1S/C12H15N3O3/c1-7-3-14-9(8(2)12(7)13)4-15-10(16)5-18-6-11(15)17/h3H,4-6H2,1-2H3,(H2,13,14). The summed E-state index contributed by atoms with van der Waals surface area (Å²) in [7, 11) is 0. The van der Waals surface area contributed by atoms with Crippen LogP contribution in [0.3, 0.4) is 0 Å². The van der Waals surface area contributed by atoms with Crippen LogP contribution in [0.5, 0.6) is 0 Å². The highest BCUT2D eigenvalue weighted by Gasteiger charge is 2.27. The first kappa shape index (κ1) is 12.5. The fourth-order valence-electron chi connectivity index (χ4n) is 1.80. The number of morpholine rings is 1. The van der Waals surface area contributed by atoms with Crippen molar-refractivity contribution in [3.63, 3.8) is 0 Å². The molecule has 1 aromatic rings. The summed E-state index contributed by atoms with van der Waals surface area (Å²) in [5, 5.41) is 0. The molecule has 2 heterocycles. The summed E-state index contributed by atoms with van der Waals surface area (Å²) in [6.45, 7) is 3.72. The van der Waals surface area contributed by atoms with Gasteiger partial charge in [-0.1, -0.05) is 0 Å². The van der Waals surface area contributed by atoms with Gasteiger partial charge in [-0.3, -0.25) is 19.5 Å². The van der Waals surface area contributed by atoms with Crippen LogP contribution in [0, 0.1) is 13.8 Å². The van der Waals surface area contributed by atoms with E-state index in [1.54, 1.807) is 6.20 Å². The van der Waals surface area contributed by atoms with Gasteiger partial charge in [0.2, 0.25) is 0 Å². The minimum absolute atomic E-state index is 0.0634. The molecule has 0 aliphatic carbocycles. The quantitative estimate of drug-likeness (QED) is 0.755. The number of carbonyl (C=O) groups excluding carboxylic acids is 2.